The minimum Gasteiger partial charge on any atom is -0.0839 e. The van der Waals surface area contributed by atoms with Crippen molar-refractivity contribution in [2.75, 3.05) is 0 Å². The minimum atomic E-state index is 0.512. The lowest BCUT2D eigenvalue weighted by atomic mass is 9.89. The Morgan fingerprint density at radius 2 is 1.60 bits per heavy atom. The first-order valence-corrected chi connectivity index (χ1v) is 9.16. The zero-order valence-electron chi connectivity index (χ0n) is 13.9. The van der Waals surface area contributed by atoms with Gasteiger partial charge in [-0.3, -0.25) is 0 Å². The van der Waals surface area contributed by atoms with Crippen LogP contribution in [0.25, 0.3) is 0 Å². The van der Waals surface area contributed by atoms with Gasteiger partial charge in [0, 0.05) is 4.83 Å². The van der Waals surface area contributed by atoms with Crippen LogP contribution in [0.4, 0.5) is 0 Å². The summed E-state index contributed by atoms with van der Waals surface area (Å²) >= 11 is 3.92. The molecule has 0 aliphatic carbocycles. The van der Waals surface area contributed by atoms with Crippen LogP contribution >= 0.6 is 15.9 Å². The van der Waals surface area contributed by atoms with E-state index in [4.69, 9.17) is 0 Å². The molecule has 0 bridgehead atoms. The zero-order chi connectivity index (χ0) is 15.1. The van der Waals surface area contributed by atoms with Crippen LogP contribution in [0.2, 0.25) is 0 Å². The third-order valence-electron chi connectivity index (χ3n) is 4.05. The molecule has 0 radical (unpaired) electrons. The van der Waals surface area contributed by atoms with Gasteiger partial charge in [0.05, 0.1) is 0 Å². The topological polar surface area (TPSA) is 0 Å². The Morgan fingerprint density at radius 1 is 0.900 bits per heavy atom. The van der Waals surface area contributed by atoms with E-state index in [2.05, 4.69) is 68.7 Å². The molecule has 1 atom stereocenters. The van der Waals surface area contributed by atoms with E-state index in [0.29, 0.717) is 16.7 Å². The van der Waals surface area contributed by atoms with Crippen molar-refractivity contribution in [2.45, 2.75) is 83.4 Å². The van der Waals surface area contributed by atoms with Crippen LogP contribution in [-0.2, 0) is 0 Å². The van der Waals surface area contributed by atoms with Crippen molar-refractivity contribution in [2.24, 2.45) is 0 Å². The summed E-state index contributed by atoms with van der Waals surface area (Å²) in [5.74, 6) is 1.21. The second-order valence-electron chi connectivity index (χ2n) is 6.51. The van der Waals surface area contributed by atoms with Crippen molar-refractivity contribution < 1.29 is 0 Å². The summed E-state index contributed by atoms with van der Waals surface area (Å²) in [6, 6.07) is 7.08. The van der Waals surface area contributed by atoms with Crippen molar-refractivity contribution in [1.29, 1.82) is 0 Å². The maximum atomic E-state index is 3.92. The van der Waals surface area contributed by atoms with Crippen LogP contribution in [0, 0.1) is 0 Å². The van der Waals surface area contributed by atoms with Crippen LogP contribution in [0.15, 0.2) is 18.2 Å². The average molecular weight is 339 g/mol. The maximum Gasteiger partial charge on any atom is 0.0398 e. The standard InChI is InChI=1S/C19H31Br/c1-6-7-8-9-10-19(20)17-12-11-16(14(2)3)13-18(17)15(4)5/h11-15,19H,6-10H2,1-5H3. The van der Waals surface area contributed by atoms with E-state index in [0.717, 1.165) is 0 Å². The van der Waals surface area contributed by atoms with E-state index in [-0.39, 0.29) is 0 Å². The highest BCUT2D eigenvalue weighted by Gasteiger charge is 2.15. The van der Waals surface area contributed by atoms with E-state index in [9.17, 15) is 0 Å². The first kappa shape index (κ1) is 17.8. The molecular formula is C19H31Br. The normalized spacial score (nSPS) is 13.2. The molecule has 0 N–H and O–H groups in total. The second kappa shape index (κ2) is 8.87. The highest BCUT2D eigenvalue weighted by Crippen LogP contribution is 2.35. The van der Waals surface area contributed by atoms with E-state index < -0.39 is 0 Å². The molecule has 1 aromatic rings. The number of hydrogen-bond donors (Lipinski definition) is 0. The van der Waals surface area contributed by atoms with Crippen LogP contribution < -0.4 is 0 Å². The van der Waals surface area contributed by atoms with Gasteiger partial charge in [0.15, 0.2) is 0 Å². The predicted molar refractivity (Wildman–Crippen MR) is 95.0 cm³/mol. The van der Waals surface area contributed by atoms with Crippen LogP contribution in [0.3, 0.4) is 0 Å². The monoisotopic (exact) mass is 338 g/mol. The molecule has 114 valence electrons. The summed E-state index contributed by atoms with van der Waals surface area (Å²) in [5.41, 5.74) is 4.48. The fourth-order valence-corrected chi connectivity index (χ4v) is 3.38. The molecule has 0 nitrogen and oxygen atoms in total. The molecule has 0 aromatic heterocycles. The third-order valence-corrected chi connectivity index (χ3v) is 5.00. The van der Waals surface area contributed by atoms with Gasteiger partial charge in [0.1, 0.15) is 0 Å². The fraction of sp³-hybridized carbons (Fsp3) is 0.684. The quantitative estimate of drug-likeness (QED) is 0.343. The molecule has 0 saturated carbocycles. The summed E-state index contributed by atoms with van der Waals surface area (Å²) < 4.78 is 0. The van der Waals surface area contributed by atoms with E-state index in [1.54, 1.807) is 0 Å². The van der Waals surface area contributed by atoms with Gasteiger partial charge in [-0.1, -0.05) is 94.4 Å². The smallest absolute Gasteiger partial charge is 0.0398 e. The summed E-state index contributed by atoms with van der Waals surface area (Å²) in [7, 11) is 0. The first-order valence-electron chi connectivity index (χ1n) is 8.25. The molecule has 0 fully saturated rings. The van der Waals surface area contributed by atoms with Gasteiger partial charge in [0.2, 0.25) is 0 Å². The van der Waals surface area contributed by atoms with E-state index >= 15 is 0 Å². The number of hydrogen-bond acceptors (Lipinski definition) is 0. The lowest BCUT2D eigenvalue weighted by Gasteiger charge is -2.20. The molecule has 1 heteroatoms. The third kappa shape index (κ3) is 5.24. The van der Waals surface area contributed by atoms with Gasteiger partial charge in [-0.15, -0.1) is 0 Å². The molecule has 20 heavy (non-hydrogen) atoms. The van der Waals surface area contributed by atoms with Crippen molar-refractivity contribution in [3.05, 3.63) is 34.9 Å². The van der Waals surface area contributed by atoms with Gasteiger partial charge >= 0.3 is 0 Å². The Balaban J connectivity index is 2.82. The molecule has 0 aliphatic rings. The first-order chi connectivity index (χ1) is 9.47. The fourth-order valence-electron chi connectivity index (χ4n) is 2.64. The Labute approximate surface area is 134 Å². The van der Waals surface area contributed by atoms with Gasteiger partial charge in [-0.25, -0.2) is 0 Å². The number of benzene rings is 1. The van der Waals surface area contributed by atoms with Gasteiger partial charge in [0.25, 0.3) is 0 Å². The van der Waals surface area contributed by atoms with Crippen molar-refractivity contribution in [3.63, 3.8) is 0 Å². The van der Waals surface area contributed by atoms with Gasteiger partial charge in [-0.2, -0.15) is 0 Å². The predicted octanol–water partition coefficient (Wildman–Crippen LogP) is 7.34. The largest absolute Gasteiger partial charge is 0.0839 e. The molecule has 0 saturated heterocycles. The number of unbranched alkanes of at least 4 members (excludes halogenated alkanes) is 3. The highest BCUT2D eigenvalue weighted by molar-refractivity contribution is 9.09. The molecule has 0 spiro atoms. The number of rotatable bonds is 8. The maximum absolute atomic E-state index is 3.92. The van der Waals surface area contributed by atoms with Crippen molar-refractivity contribution >= 4 is 15.9 Å². The summed E-state index contributed by atoms with van der Waals surface area (Å²) in [6.45, 7) is 11.4. The Kier molecular flexibility index (Phi) is 7.87. The molecule has 1 aromatic carbocycles. The molecule has 0 amide bonds. The lowest BCUT2D eigenvalue weighted by Crippen LogP contribution is -2.02. The Hall–Kier alpha value is -0.300. The zero-order valence-corrected chi connectivity index (χ0v) is 15.5. The van der Waals surface area contributed by atoms with E-state index in [1.165, 1.54) is 48.8 Å². The van der Waals surface area contributed by atoms with Crippen LogP contribution in [-0.4, -0.2) is 0 Å². The van der Waals surface area contributed by atoms with Crippen LogP contribution in [0.1, 0.15) is 100 Å². The molecule has 1 rings (SSSR count). The van der Waals surface area contributed by atoms with Crippen LogP contribution in [0.5, 0.6) is 0 Å². The SMILES string of the molecule is CCCCCCC(Br)c1ccc(C(C)C)cc1C(C)C. The number of alkyl halides is 1. The molecular weight excluding hydrogens is 308 g/mol. The van der Waals surface area contributed by atoms with Crippen molar-refractivity contribution in [1.82, 2.24) is 0 Å². The Bertz CT molecular complexity index is 393. The van der Waals surface area contributed by atoms with Gasteiger partial charge in [-0.05, 0) is 34.9 Å². The lowest BCUT2D eigenvalue weighted by molar-refractivity contribution is 0.627. The second-order valence-corrected chi connectivity index (χ2v) is 7.62. The van der Waals surface area contributed by atoms with Gasteiger partial charge < -0.3 is 0 Å². The summed E-state index contributed by atoms with van der Waals surface area (Å²) in [5, 5.41) is 0. The molecule has 0 aliphatic heterocycles. The number of halogens is 1. The minimum absolute atomic E-state index is 0.512. The summed E-state index contributed by atoms with van der Waals surface area (Å²) in [6.07, 6.45) is 6.62. The highest BCUT2D eigenvalue weighted by atomic mass is 79.9. The summed E-state index contributed by atoms with van der Waals surface area (Å²) in [4.78, 5) is 0.512. The van der Waals surface area contributed by atoms with E-state index in [1.807, 2.05) is 0 Å². The molecule has 0 heterocycles. The Morgan fingerprint density at radius 3 is 2.15 bits per heavy atom. The average Bonchev–Trinajstić information content (AvgIpc) is 2.42. The molecule has 1 unspecified atom stereocenters. The van der Waals surface area contributed by atoms with Crippen molar-refractivity contribution in [3.8, 4) is 0 Å².